The van der Waals surface area contributed by atoms with E-state index in [1.165, 1.54) is 44.3 Å². The molecule has 0 radical (unpaired) electrons. The van der Waals surface area contributed by atoms with E-state index in [0.29, 0.717) is 0 Å². The van der Waals surface area contributed by atoms with Gasteiger partial charge in [0.15, 0.2) is 0 Å². The number of benzene rings is 2. The molecule has 1 atom stereocenters. The molecular weight excluding hydrogens is 436 g/mol. The second-order valence-electron chi connectivity index (χ2n) is 9.85. The predicted molar refractivity (Wildman–Crippen MR) is 142 cm³/mol. The van der Waals surface area contributed by atoms with E-state index in [9.17, 15) is 10.2 Å². The molecule has 5 rings (SSSR count). The maximum atomic E-state index is 10.1. The van der Waals surface area contributed by atoms with Crippen molar-refractivity contribution in [1.82, 2.24) is 9.47 Å². The van der Waals surface area contributed by atoms with Crippen LogP contribution in [0.15, 0.2) is 66.3 Å². The molecule has 0 saturated carbocycles. The van der Waals surface area contributed by atoms with Gasteiger partial charge in [-0.05, 0) is 98.4 Å². The van der Waals surface area contributed by atoms with E-state index in [0.717, 1.165) is 53.8 Å². The van der Waals surface area contributed by atoms with Crippen molar-refractivity contribution in [2.45, 2.75) is 51.7 Å². The fraction of sp³-hybridized carbons (Fsp3) is 0.400. The van der Waals surface area contributed by atoms with Crippen LogP contribution in [0.2, 0.25) is 0 Å². The Morgan fingerprint density at radius 1 is 0.943 bits per heavy atom. The number of rotatable bonds is 7. The molecule has 2 N–H and O–H groups in total. The summed E-state index contributed by atoms with van der Waals surface area (Å²) in [5, 5.41) is 20.9. The van der Waals surface area contributed by atoms with Gasteiger partial charge in [-0.25, -0.2) is 0 Å². The van der Waals surface area contributed by atoms with Gasteiger partial charge in [0.05, 0.1) is 18.4 Å². The third-order valence-electron chi connectivity index (χ3n) is 7.36. The van der Waals surface area contributed by atoms with Crippen molar-refractivity contribution >= 4 is 10.9 Å². The number of aryl methyl sites for hydroxylation is 1. The number of aromatic nitrogens is 1. The lowest BCUT2D eigenvalue weighted by atomic mass is 10.0. The summed E-state index contributed by atoms with van der Waals surface area (Å²) in [6.45, 7) is 7.06. The summed E-state index contributed by atoms with van der Waals surface area (Å²) < 4.78 is 8.50. The molecule has 1 aliphatic carbocycles. The summed E-state index contributed by atoms with van der Waals surface area (Å²) in [7, 11) is 0. The number of aromatic hydroxyl groups is 2. The van der Waals surface area contributed by atoms with Crippen LogP contribution in [0.5, 0.6) is 11.5 Å². The smallest absolute Gasteiger partial charge is 0.116 e. The molecule has 2 aliphatic rings. The van der Waals surface area contributed by atoms with Gasteiger partial charge >= 0.3 is 0 Å². The van der Waals surface area contributed by atoms with Gasteiger partial charge in [0.25, 0.3) is 0 Å². The largest absolute Gasteiger partial charge is 0.508 e. The van der Waals surface area contributed by atoms with Crippen LogP contribution in [0.1, 0.15) is 37.7 Å². The number of phenols is 2. The Hall–Kier alpha value is -3.02. The Balaban J connectivity index is 1.30. The van der Waals surface area contributed by atoms with E-state index in [-0.39, 0.29) is 17.6 Å². The van der Waals surface area contributed by atoms with Gasteiger partial charge < -0.3 is 24.4 Å². The number of likely N-dealkylation sites (tertiary alicyclic amines) is 1. The Morgan fingerprint density at radius 3 is 2.40 bits per heavy atom. The zero-order chi connectivity index (χ0) is 24.2. The van der Waals surface area contributed by atoms with Gasteiger partial charge in [-0.2, -0.15) is 0 Å². The number of hydrogen-bond acceptors (Lipinski definition) is 4. The van der Waals surface area contributed by atoms with Crippen molar-refractivity contribution in [3.8, 4) is 22.8 Å². The normalized spacial score (nSPS) is 19.1. The van der Waals surface area contributed by atoms with Gasteiger partial charge in [-0.15, -0.1) is 0 Å². The van der Waals surface area contributed by atoms with Crippen molar-refractivity contribution in [3.05, 3.63) is 71.8 Å². The highest BCUT2D eigenvalue weighted by Gasteiger charge is 2.18. The van der Waals surface area contributed by atoms with Gasteiger partial charge in [0, 0.05) is 24.0 Å². The second-order valence-corrected chi connectivity index (χ2v) is 9.85. The third kappa shape index (κ3) is 5.47. The highest BCUT2D eigenvalue weighted by Crippen LogP contribution is 2.36. The fourth-order valence-electron chi connectivity index (χ4n) is 5.43. The zero-order valence-electron chi connectivity index (χ0n) is 20.6. The first kappa shape index (κ1) is 23.7. The molecule has 3 aromatic rings. The number of hydrogen-bond donors (Lipinski definition) is 2. The summed E-state index contributed by atoms with van der Waals surface area (Å²) in [6, 6.07) is 12.9. The van der Waals surface area contributed by atoms with Gasteiger partial charge in [0.1, 0.15) is 11.5 Å². The lowest BCUT2D eigenvalue weighted by Crippen LogP contribution is -2.29. The van der Waals surface area contributed by atoms with Crippen LogP contribution < -0.4 is 0 Å². The van der Waals surface area contributed by atoms with Crippen LogP contribution in [0, 0.1) is 6.92 Å². The van der Waals surface area contributed by atoms with Crippen LogP contribution in [0.25, 0.3) is 22.2 Å². The quantitative estimate of drug-likeness (QED) is 0.431. The molecule has 2 aromatic carbocycles. The molecule has 184 valence electrons. The first-order chi connectivity index (χ1) is 17.1. The molecule has 0 spiro atoms. The topological polar surface area (TPSA) is 57.9 Å². The lowest BCUT2D eigenvalue weighted by molar-refractivity contribution is 0.0659. The van der Waals surface area contributed by atoms with Crippen molar-refractivity contribution < 1.29 is 14.9 Å². The molecule has 5 heteroatoms. The van der Waals surface area contributed by atoms with Gasteiger partial charge in [-0.3, -0.25) is 0 Å². The molecule has 5 nitrogen and oxygen atoms in total. The molecule has 1 aromatic heterocycles. The molecule has 35 heavy (non-hydrogen) atoms. The Labute approximate surface area is 207 Å². The Kier molecular flexibility index (Phi) is 7.26. The second kappa shape index (κ2) is 10.7. The molecule has 0 amide bonds. The van der Waals surface area contributed by atoms with Crippen LogP contribution in [0.4, 0.5) is 0 Å². The van der Waals surface area contributed by atoms with E-state index < -0.39 is 0 Å². The van der Waals surface area contributed by atoms with E-state index in [4.69, 9.17) is 4.74 Å². The SMILES string of the molecule is Cc1c(-c2ccc(O)cc2)n(CC2=CC[C@H](OCCN3CCCCCC3)C=C2)c2ccc(O)cc12. The summed E-state index contributed by atoms with van der Waals surface area (Å²) in [5.41, 5.74) is 5.62. The average Bonchev–Trinajstić information content (AvgIpc) is 3.01. The van der Waals surface area contributed by atoms with Crippen molar-refractivity contribution in [2.24, 2.45) is 0 Å². The molecule has 0 unspecified atom stereocenters. The summed E-state index contributed by atoms with van der Waals surface area (Å²) in [4.78, 5) is 2.54. The molecule has 1 aliphatic heterocycles. The number of nitrogens with zero attached hydrogens (tertiary/aromatic N) is 2. The first-order valence-electron chi connectivity index (χ1n) is 12.9. The highest BCUT2D eigenvalue weighted by atomic mass is 16.5. The molecule has 1 saturated heterocycles. The minimum absolute atomic E-state index is 0.141. The monoisotopic (exact) mass is 472 g/mol. The number of ether oxygens (including phenoxy) is 1. The van der Waals surface area contributed by atoms with Crippen molar-refractivity contribution in [2.75, 3.05) is 26.2 Å². The average molecular weight is 473 g/mol. The van der Waals surface area contributed by atoms with Gasteiger partial charge in [-0.1, -0.05) is 31.1 Å². The summed E-state index contributed by atoms with van der Waals surface area (Å²) in [5.74, 6) is 0.526. The molecule has 1 fully saturated rings. The van der Waals surface area contributed by atoms with Crippen molar-refractivity contribution in [3.63, 3.8) is 0 Å². The lowest BCUT2D eigenvalue weighted by Gasteiger charge is -2.22. The van der Waals surface area contributed by atoms with E-state index in [1.54, 1.807) is 18.2 Å². The zero-order valence-corrected chi connectivity index (χ0v) is 20.6. The number of allylic oxidation sites excluding steroid dienone is 2. The van der Waals surface area contributed by atoms with E-state index >= 15 is 0 Å². The van der Waals surface area contributed by atoms with E-state index in [2.05, 4.69) is 34.6 Å². The molecule has 2 heterocycles. The van der Waals surface area contributed by atoms with Crippen LogP contribution in [-0.2, 0) is 11.3 Å². The fourth-order valence-corrected chi connectivity index (χ4v) is 5.43. The summed E-state index contributed by atoms with van der Waals surface area (Å²) >= 11 is 0. The number of phenolic OH excluding ortho intramolecular Hbond substituents is 2. The maximum absolute atomic E-state index is 10.1. The van der Waals surface area contributed by atoms with Crippen LogP contribution >= 0.6 is 0 Å². The number of fused-ring (bicyclic) bond motifs is 1. The first-order valence-corrected chi connectivity index (χ1v) is 12.9. The Morgan fingerprint density at radius 2 is 1.69 bits per heavy atom. The standard InChI is InChI=1S/C30H36N2O3/c1-22-28-20-26(34)12-15-29(28)32(30(22)24-8-10-25(33)11-9-24)21-23-6-13-27(14-7-23)35-19-18-31-16-4-2-3-5-17-31/h6-13,15,20,27,33-34H,2-5,14,16-19,21H2,1H3/t27-/m1/s1. The Bertz CT molecular complexity index is 1210. The maximum Gasteiger partial charge on any atom is 0.116 e. The third-order valence-corrected chi connectivity index (χ3v) is 7.36. The van der Waals surface area contributed by atoms with E-state index in [1.807, 2.05) is 24.3 Å². The highest BCUT2D eigenvalue weighted by molar-refractivity contribution is 5.92. The van der Waals surface area contributed by atoms with Gasteiger partial charge in [0.2, 0.25) is 0 Å². The van der Waals surface area contributed by atoms with Crippen molar-refractivity contribution in [1.29, 1.82) is 0 Å². The molecular formula is C30H36N2O3. The van der Waals surface area contributed by atoms with Crippen LogP contribution in [0.3, 0.4) is 0 Å². The summed E-state index contributed by atoms with van der Waals surface area (Å²) in [6.07, 6.45) is 13.1. The predicted octanol–water partition coefficient (Wildman–Crippen LogP) is 6.18. The minimum atomic E-state index is 0.141. The molecule has 0 bridgehead atoms. The van der Waals surface area contributed by atoms with Crippen LogP contribution in [-0.4, -0.2) is 52.0 Å². The minimum Gasteiger partial charge on any atom is -0.508 e.